The lowest BCUT2D eigenvalue weighted by atomic mass is 9.92. The summed E-state index contributed by atoms with van der Waals surface area (Å²) in [4.78, 5) is 2.51. The van der Waals surface area contributed by atoms with E-state index in [1.54, 1.807) is 0 Å². The summed E-state index contributed by atoms with van der Waals surface area (Å²) >= 11 is 0. The number of nitrogens with zero attached hydrogens (tertiary/aromatic N) is 1. The van der Waals surface area contributed by atoms with E-state index in [-0.39, 0.29) is 12.1 Å². The van der Waals surface area contributed by atoms with Crippen molar-refractivity contribution < 1.29 is 5.11 Å². The Morgan fingerprint density at radius 1 is 1.22 bits per heavy atom. The largest absolute Gasteiger partial charge is 0.394 e. The highest BCUT2D eigenvalue weighted by Gasteiger charge is 2.28. The van der Waals surface area contributed by atoms with Crippen LogP contribution >= 0.6 is 0 Å². The summed E-state index contributed by atoms with van der Waals surface area (Å²) < 4.78 is 0. The van der Waals surface area contributed by atoms with Gasteiger partial charge in [-0.25, -0.2) is 0 Å². The number of rotatable bonds is 10. The van der Waals surface area contributed by atoms with Crippen LogP contribution in [0.4, 0.5) is 0 Å². The van der Waals surface area contributed by atoms with Gasteiger partial charge in [0.15, 0.2) is 0 Å². The minimum atomic E-state index is -0.173. The van der Waals surface area contributed by atoms with Crippen molar-refractivity contribution in [1.29, 1.82) is 0 Å². The molecule has 0 aromatic carbocycles. The molecule has 0 amide bonds. The molecular weight excluding hydrogens is 224 g/mol. The van der Waals surface area contributed by atoms with Crippen molar-refractivity contribution in [1.82, 2.24) is 10.2 Å². The van der Waals surface area contributed by atoms with E-state index in [1.165, 1.54) is 12.8 Å². The van der Waals surface area contributed by atoms with Crippen LogP contribution in [0.15, 0.2) is 0 Å². The van der Waals surface area contributed by atoms with E-state index >= 15 is 0 Å². The molecule has 110 valence electrons. The number of aliphatic hydroxyl groups excluding tert-OH is 1. The van der Waals surface area contributed by atoms with Gasteiger partial charge in [0, 0.05) is 17.6 Å². The molecule has 0 bridgehead atoms. The molecule has 0 heterocycles. The lowest BCUT2D eigenvalue weighted by molar-refractivity contribution is 0.110. The van der Waals surface area contributed by atoms with Crippen LogP contribution in [0.25, 0.3) is 0 Å². The molecule has 0 fully saturated rings. The topological polar surface area (TPSA) is 35.5 Å². The van der Waals surface area contributed by atoms with Crippen LogP contribution in [-0.2, 0) is 0 Å². The number of unbranched alkanes of at least 4 members (excludes halogenated alkanes) is 1. The first-order valence-corrected chi connectivity index (χ1v) is 7.51. The van der Waals surface area contributed by atoms with Gasteiger partial charge in [-0.2, -0.15) is 0 Å². The zero-order valence-electron chi connectivity index (χ0n) is 13.3. The quantitative estimate of drug-likeness (QED) is 0.632. The van der Waals surface area contributed by atoms with Gasteiger partial charge in [-0.15, -0.1) is 0 Å². The average molecular weight is 258 g/mol. The number of aliphatic hydroxyl groups is 1. The van der Waals surface area contributed by atoms with Crippen molar-refractivity contribution in [2.45, 2.75) is 78.4 Å². The van der Waals surface area contributed by atoms with Gasteiger partial charge in [-0.3, -0.25) is 0 Å². The van der Waals surface area contributed by atoms with E-state index in [9.17, 15) is 5.11 Å². The highest BCUT2D eigenvalue weighted by atomic mass is 16.3. The van der Waals surface area contributed by atoms with Crippen molar-refractivity contribution in [3.8, 4) is 0 Å². The summed E-state index contributed by atoms with van der Waals surface area (Å²) in [5.41, 5.74) is -0.173. The molecule has 0 spiro atoms. The Morgan fingerprint density at radius 2 is 1.83 bits per heavy atom. The van der Waals surface area contributed by atoms with Crippen LogP contribution < -0.4 is 5.32 Å². The first-order valence-electron chi connectivity index (χ1n) is 7.51. The first kappa shape index (κ1) is 17.9. The van der Waals surface area contributed by atoms with Gasteiger partial charge < -0.3 is 15.3 Å². The molecule has 2 N–H and O–H groups in total. The molecule has 18 heavy (non-hydrogen) atoms. The Labute approximate surface area is 114 Å². The lowest BCUT2D eigenvalue weighted by Gasteiger charge is -2.37. The highest BCUT2D eigenvalue weighted by molar-refractivity contribution is 4.88. The standard InChI is InChI=1S/C15H34N2O/c1-7-9-10-17(8-2)14(5)11-15(6,12-18)16-13(3)4/h13-14,16,18H,7-12H2,1-6H3. The fourth-order valence-electron chi connectivity index (χ4n) is 2.70. The smallest absolute Gasteiger partial charge is 0.0611 e. The van der Waals surface area contributed by atoms with E-state index in [0.29, 0.717) is 12.1 Å². The molecule has 0 aliphatic rings. The van der Waals surface area contributed by atoms with Crippen LogP contribution in [0, 0.1) is 0 Å². The summed E-state index contributed by atoms with van der Waals surface area (Å²) in [6, 6.07) is 0.907. The van der Waals surface area contributed by atoms with Gasteiger partial charge >= 0.3 is 0 Å². The molecular formula is C15H34N2O. The Balaban J connectivity index is 4.42. The van der Waals surface area contributed by atoms with Crippen LogP contribution in [-0.4, -0.2) is 47.3 Å². The summed E-state index contributed by atoms with van der Waals surface area (Å²) in [6.07, 6.45) is 3.48. The third-order valence-corrected chi connectivity index (χ3v) is 3.56. The van der Waals surface area contributed by atoms with Gasteiger partial charge in [-0.1, -0.05) is 34.1 Å². The third kappa shape index (κ3) is 6.72. The van der Waals surface area contributed by atoms with Gasteiger partial charge in [-0.05, 0) is 39.8 Å². The van der Waals surface area contributed by atoms with Crippen molar-refractivity contribution in [2.75, 3.05) is 19.7 Å². The SMILES string of the molecule is CCCCN(CC)C(C)CC(C)(CO)NC(C)C. The maximum atomic E-state index is 9.63. The van der Waals surface area contributed by atoms with E-state index < -0.39 is 0 Å². The van der Waals surface area contributed by atoms with Crippen molar-refractivity contribution in [3.05, 3.63) is 0 Å². The second kappa shape index (κ2) is 8.89. The Bertz CT molecular complexity index is 209. The van der Waals surface area contributed by atoms with Crippen LogP contribution in [0.1, 0.15) is 60.8 Å². The van der Waals surface area contributed by atoms with E-state index in [4.69, 9.17) is 0 Å². The molecule has 3 nitrogen and oxygen atoms in total. The third-order valence-electron chi connectivity index (χ3n) is 3.56. The second-order valence-electron chi connectivity index (χ2n) is 6.05. The van der Waals surface area contributed by atoms with Crippen molar-refractivity contribution in [2.24, 2.45) is 0 Å². The monoisotopic (exact) mass is 258 g/mol. The Morgan fingerprint density at radius 3 is 2.22 bits per heavy atom. The molecule has 0 aliphatic carbocycles. The number of nitrogens with one attached hydrogen (secondary N) is 1. The summed E-state index contributed by atoms with van der Waals surface area (Å²) in [7, 11) is 0. The fourth-order valence-corrected chi connectivity index (χ4v) is 2.70. The zero-order valence-corrected chi connectivity index (χ0v) is 13.3. The zero-order chi connectivity index (χ0) is 14.2. The summed E-state index contributed by atoms with van der Waals surface area (Å²) in [5, 5.41) is 13.1. The molecule has 3 heteroatoms. The second-order valence-corrected chi connectivity index (χ2v) is 6.05. The van der Waals surface area contributed by atoms with E-state index in [1.807, 2.05) is 0 Å². The highest BCUT2D eigenvalue weighted by Crippen LogP contribution is 2.17. The molecule has 0 aromatic heterocycles. The normalized spacial score (nSPS) is 17.2. The van der Waals surface area contributed by atoms with Gasteiger partial charge in [0.25, 0.3) is 0 Å². The van der Waals surface area contributed by atoms with Crippen molar-refractivity contribution in [3.63, 3.8) is 0 Å². The van der Waals surface area contributed by atoms with Gasteiger partial charge in [0.05, 0.1) is 6.61 Å². The van der Waals surface area contributed by atoms with Crippen molar-refractivity contribution >= 4 is 0 Å². The lowest BCUT2D eigenvalue weighted by Crippen LogP contribution is -2.53. The van der Waals surface area contributed by atoms with Gasteiger partial charge in [0.1, 0.15) is 0 Å². The minimum Gasteiger partial charge on any atom is -0.394 e. The van der Waals surface area contributed by atoms with E-state index in [2.05, 4.69) is 51.8 Å². The molecule has 0 aliphatic heterocycles. The van der Waals surface area contributed by atoms with Crippen LogP contribution in [0.5, 0.6) is 0 Å². The predicted octanol–water partition coefficient (Wildman–Crippen LogP) is 2.64. The molecule has 0 aromatic rings. The Hall–Kier alpha value is -0.120. The molecule has 2 atom stereocenters. The predicted molar refractivity (Wildman–Crippen MR) is 80.0 cm³/mol. The van der Waals surface area contributed by atoms with Crippen LogP contribution in [0.3, 0.4) is 0 Å². The molecule has 0 saturated carbocycles. The Kier molecular flexibility index (Phi) is 8.83. The maximum absolute atomic E-state index is 9.63. The summed E-state index contributed by atoms with van der Waals surface area (Å²) in [6.45, 7) is 15.6. The first-order chi connectivity index (χ1) is 8.38. The summed E-state index contributed by atoms with van der Waals surface area (Å²) in [5.74, 6) is 0. The van der Waals surface area contributed by atoms with Crippen LogP contribution in [0.2, 0.25) is 0 Å². The van der Waals surface area contributed by atoms with Gasteiger partial charge in [0.2, 0.25) is 0 Å². The molecule has 0 rings (SSSR count). The minimum absolute atomic E-state index is 0.173. The molecule has 0 saturated heterocycles. The average Bonchev–Trinajstić information content (AvgIpc) is 2.28. The molecule has 0 radical (unpaired) electrons. The van der Waals surface area contributed by atoms with E-state index in [0.717, 1.165) is 19.5 Å². The maximum Gasteiger partial charge on any atom is 0.0611 e. The number of hydrogen-bond donors (Lipinski definition) is 2. The number of hydrogen-bond acceptors (Lipinski definition) is 3. The molecule has 2 unspecified atom stereocenters. The fraction of sp³-hybridized carbons (Fsp3) is 1.00.